The zero-order chi connectivity index (χ0) is 19.2. The van der Waals surface area contributed by atoms with Crippen LogP contribution in [0.4, 0.5) is 5.13 Å². The number of aromatic nitrogens is 2. The Bertz CT molecular complexity index is 695. The molecule has 1 atom stereocenters. The molecule has 148 valence electrons. The first-order chi connectivity index (χ1) is 13.1. The fourth-order valence-electron chi connectivity index (χ4n) is 3.23. The number of hydrogen-bond donors (Lipinski definition) is 1. The van der Waals surface area contributed by atoms with Gasteiger partial charge < -0.3 is 15.0 Å². The zero-order valence-corrected chi connectivity index (χ0v) is 16.3. The number of piperidine rings is 1. The molecule has 0 aromatic carbocycles. The average Bonchev–Trinajstić information content (AvgIpc) is 3.28. The van der Waals surface area contributed by atoms with Gasteiger partial charge in [-0.05, 0) is 19.8 Å². The van der Waals surface area contributed by atoms with Gasteiger partial charge in [0.25, 0.3) is 0 Å². The van der Waals surface area contributed by atoms with E-state index in [0.717, 1.165) is 19.4 Å². The van der Waals surface area contributed by atoms with Crippen LogP contribution in [0.3, 0.4) is 0 Å². The minimum atomic E-state index is -0.409. The largest absolute Gasteiger partial charge is 0.374 e. The van der Waals surface area contributed by atoms with Crippen molar-refractivity contribution in [3.63, 3.8) is 0 Å². The minimum Gasteiger partial charge on any atom is -0.374 e. The van der Waals surface area contributed by atoms with Crippen LogP contribution >= 0.6 is 11.3 Å². The van der Waals surface area contributed by atoms with Gasteiger partial charge in [-0.25, -0.2) is 0 Å². The lowest BCUT2D eigenvalue weighted by atomic mass is 10.1. The van der Waals surface area contributed by atoms with Crippen molar-refractivity contribution in [3.05, 3.63) is 5.01 Å². The van der Waals surface area contributed by atoms with Crippen molar-refractivity contribution in [2.24, 2.45) is 5.92 Å². The molecule has 9 nitrogen and oxygen atoms in total. The SMILES string of the molecule is CCOCc1nnc(N2CC(C(=O)NCCN3CCCCC3=O)CC2=O)s1. The number of amides is 3. The predicted molar refractivity (Wildman–Crippen MR) is 99.1 cm³/mol. The smallest absolute Gasteiger partial charge is 0.229 e. The second-order valence-corrected chi connectivity index (χ2v) is 7.69. The van der Waals surface area contributed by atoms with E-state index in [1.165, 1.54) is 16.2 Å². The molecule has 0 bridgehead atoms. The van der Waals surface area contributed by atoms with Crippen molar-refractivity contribution in [1.82, 2.24) is 20.4 Å². The lowest BCUT2D eigenvalue weighted by Gasteiger charge is -2.26. The molecule has 0 aliphatic carbocycles. The van der Waals surface area contributed by atoms with E-state index in [-0.39, 0.29) is 24.1 Å². The summed E-state index contributed by atoms with van der Waals surface area (Å²) in [4.78, 5) is 39.8. The van der Waals surface area contributed by atoms with E-state index in [9.17, 15) is 14.4 Å². The molecule has 1 aromatic rings. The van der Waals surface area contributed by atoms with Crippen molar-refractivity contribution in [2.75, 3.05) is 37.7 Å². The highest BCUT2D eigenvalue weighted by molar-refractivity contribution is 7.15. The Morgan fingerprint density at radius 1 is 1.30 bits per heavy atom. The average molecular weight is 395 g/mol. The molecule has 0 saturated carbocycles. The summed E-state index contributed by atoms with van der Waals surface area (Å²) in [5.41, 5.74) is 0. The van der Waals surface area contributed by atoms with Crippen LogP contribution in [-0.2, 0) is 25.7 Å². The number of nitrogens with zero attached hydrogens (tertiary/aromatic N) is 4. The molecule has 2 fully saturated rings. The molecular weight excluding hydrogens is 370 g/mol. The number of likely N-dealkylation sites (tertiary alicyclic amines) is 1. The third kappa shape index (κ3) is 5.01. The van der Waals surface area contributed by atoms with Gasteiger partial charge in [0.05, 0.1) is 5.92 Å². The summed E-state index contributed by atoms with van der Waals surface area (Å²) in [5, 5.41) is 12.1. The quantitative estimate of drug-likeness (QED) is 0.689. The number of nitrogens with one attached hydrogen (secondary N) is 1. The van der Waals surface area contributed by atoms with Crippen LogP contribution in [0.15, 0.2) is 0 Å². The Balaban J connectivity index is 1.47. The molecule has 0 spiro atoms. The molecule has 27 heavy (non-hydrogen) atoms. The summed E-state index contributed by atoms with van der Waals surface area (Å²) < 4.78 is 5.30. The number of carbonyl (C=O) groups excluding carboxylic acids is 3. The molecule has 3 rings (SSSR count). The van der Waals surface area contributed by atoms with Gasteiger partial charge in [0.1, 0.15) is 11.6 Å². The van der Waals surface area contributed by atoms with E-state index >= 15 is 0 Å². The van der Waals surface area contributed by atoms with Crippen LogP contribution in [0.5, 0.6) is 0 Å². The normalized spacial score (nSPS) is 20.4. The Kier molecular flexibility index (Phi) is 6.73. The third-order valence-electron chi connectivity index (χ3n) is 4.71. The van der Waals surface area contributed by atoms with Gasteiger partial charge in [-0.15, -0.1) is 10.2 Å². The summed E-state index contributed by atoms with van der Waals surface area (Å²) in [6.45, 7) is 4.84. The van der Waals surface area contributed by atoms with E-state index < -0.39 is 5.92 Å². The van der Waals surface area contributed by atoms with Gasteiger partial charge >= 0.3 is 0 Å². The Morgan fingerprint density at radius 2 is 2.15 bits per heavy atom. The fourth-order valence-corrected chi connectivity index (χ4v) is 4.03. The van der Waals surface area contributed by atoms with Crippen molar-refractivity contribution in [1.29, 1.82) is 0 Å². The molecule has 2 aliphatic rings. The maximum atomic E-state index is 12.4. The van der Waals surface area contributed by atoms with Gasteiger partial charge in [0.2, 0.25) is 22.9 Å². The van der Waals surface area contributed by atoms with Crippen LogP contribution in [0.2, 0.25) is 0 Å². The van der Waals surface area contributed by atoms with Crippen LogP contribution < -0.4 is 10.2 Å². The molecule has 2 saturated heterocycles. The van der Waals surface area contributed by atoms with E-state index in [1.54, 1.807) is 4.90 Å². The summed E-state index contributed by atoms with van der Waals surface area (Å²) in [5.74, 6) is -0.541. The first kappa shape index (κ1) is 19.7. The molecular formula is C17H25N5O4S. The topological polar surface area (TPSA) is 105 Å². The summed E-state index contributed by atoms with van der Waals surface area (Å²) in [7, 11) is 0. The minimum absolute atomic E-state index is 0.125. The number of rotatable bonds is 8. The molecule has 3 heterocycles. The second-order valence-electron chi connectivity index (χ2n) is 6.65. The van der Waals surface area contributed by atoms with Crippen LogP contribution in [0.25, 0.3) is 0 Å². The summed E-state index contributed by atoms with van der Waals surface area (Å²) >= 11 is 1.31. The Hall–Kier alpha value is -2.07. The highest BCUT2D eigenvalue weighted by Gasteiger charge is 2.36. The van der Waals surface area contributed by atoms with Crippen molar-refractivity contribution >= 4 is 34.2 Å². The van der Waals surface area contributed by atoms with Gasteiger partial charge in [-0.1, -0.05) is 11.3 Å². The van der Waals surface area contributed by atoms with Gasteiger partial charge in [-0.3, -0.25) is 19.3 Å². The lowest BCUT2D eigenvalue weighted by molar-refractivity contribution is -0.133. The Labute approximate surface area is 162 Å². The number of ether oxygens (including phenoxy) is 1. The van der Waals surface area contributed by atoms with E-state index in [1.807, 2.05) is 6.92 Å². The third-order valence-corrected chi connectivity index (χ3v) is 5.63. The molecule has 1 aromatic heterocycles. The van der Waals surface area contributed by atoms with E-state index in [0.29, 0.717) is 49.4 Å². The fraction of sp³-hybridized carbons (Fsp3) is 0.706. The summed E-state index contributed by atoms with van der Waals surface area (Å²) in [6.07, 6.45) is 2.71. The highest BCUT2D eigenvalue weighted by atomic mass is 32.1. The van der Waals surface area contributed by atoms with E-state index in [2.05, 4.69) is 15.5 Å². The first-order valence-electron chi connectivity index (χ1n) is 9.34. The second kappa shape index (κ2) is 9.23. The number of carbonyl (C=O) groups is 3. The van der Waals surface area contributed by atoms with Gasteiger partial charge in [-0.2, -0.15) is 0 Å². The predicted octanol–water partition coefficient (Wildman–Crippen LogP) is 0.556. The van der Waals surface area contributed by atoms with E-state index in [4.69, 9.17) is 4.74 Å². The maximum Gasteiger partial charge on any atom is 0.229 e. The summed E-state index contributed by atoms with van der Waals surface area (Å²) in [6, 6.07) is 0. The monoisotopic (exact) mass is 395 g/mol. The van der Waals surface area contributed by atoms with Gasteiger partial charge in [0.15, 0.2) is 0 Å². The maximum absolute atomic E-state index is 12.4. The molecule has 10 heteroatoms. The molecule has 3 amide bonds. The van der Waals surface area contributed by atoms with Crippen molar-refractivity contribution < 1.29 is 19.1 Å². The van der Waals surface area contributed by atoms with Crippen LogP contribution in [-0.4, -0.2) is 65.6 Å². The molecule has 2 aliphatic heterocycles. The highest BCUT2D eigenvalue weighted by Crippen LogP contribution is 2.28. The standard InChI is InChI=1S/C17H25N5O4S/c1-2-26-11-13-19-20-17(27-13)22-10-12(9-15(22)24)16(25)18-6-8-21-7-4-3-5-14(21)23/h12H,2-11H2,1H3,(H,18,25). The number of hydrogen-bond acceptors (Lipinski definition) is 7. The van der Waals surface area contributed by atoms with Crippen molar-refractivity contribution in [2.45, 2.75) is 39.2 Å². The molecule has 1 N–H and O–H groups in total. The first-order valence-corrected chi connectivity index (χ1v) is 10.2. The lowest BCUT2D eigenvalue weighted by Crippen LogP contribution is -2.42. The Morgan fingerprint density at radius 3 is 2.93 bits per heavy atom. The van der Waals surface area contributed by atoms with Crippen LogP contribution in [0.1, 0.15) is 37.6 Å². The molecule has 1 unspecified atom stereocenters. The number of anilines is 1. The zero-order valence-electron chi connectivity index (χ0n) is 15.5. The van der Waals surface area contributed by atoms with Crippen molar-refractivity contribution in [3.8, 4) is 0 Å². The van der Waals surface area contributed by atoms with Gasteiger partial charge in [0, 0.05) is 45.6 Å². The van der Waals surface area contributed by atoms with Crippen LogP contribution in [0, 0.1) is 5.92 Å². The molecule has 0 radical (unpaired) electrons.